The van der Waals surface area contributed by atoms with Crippen molar-refractivity contribution in [3.8, 4) is 0 Å². The Labute approximate surface area is 138 Å². The van der Waals surface area contributed by atoms with E-state index in [1.807, 2.05) is 31.0 Å². The van der Waals surface area contributed by atoms with Gasteiger partial charge in [0, 0.05) is 46.6 Å². The van der Waals surface area contributed by atoms with Crippen LogP contribution in [0.15, 0.2) is 23.5 Å². The molecule has 1 fully saturated rings. The minimum Gasteiger partial charge on any atom is -0.355 e. The number of aromatic nitrogens is 2. The van der Waals surface area contributed by atoms with Crippen LogP contribution in [0, 0.1) is 5.41 Å². The summed E-state index contributed by atoms with van der Waals surface area (Å²) in [6, 6.07) is 1.91. The summed E-state index contributed by atoms with van der Waals surface area (Å²) in [5, 5.41) is 10.8. The minimum absolute atomic E-state index is 0.217. The second-order valence-electron chi connectivity index (χ2n) is 6.31. The minimum atomic E-state index is -0.289. The second kappa shape index (κ2) is 7.99. The molecule has 0 bridgehead atoms. The number of nitrogens with one attached hydrogen (secondary N) is 2. The standard InChI is InChI=1S/C16H28N6O/c1-17-15(18-10-12-22-11-6-9-20-22)19-13-16(7-4-5-8-16)14(23)21(2)3/h6,9,11H,4-5,7-8,10,12-13H2,1-3H3,(H2,17,18,19). The van der Waals surface area contributed by atoms with E-state index in [1.165, 1.54) is 0 Å². The lowest BCUT2D eigenvalue weighted by molar-refractivity contribution is -0.138. The highest BCUT2D eigenvalue weighted by Crippen LogP contribution is 2.38. The summed E-state index contributed by atoms with van der Waals surface area (Å²) in [4.78, 5) is 18.5. The van der Waals surface area contributed by atoms with Gasteiger partial charge in [-0.1, -0.05) is 12.8 Å². The summed E-state index contributed by atoms with van der Waals surface area (Å²) >= 11 is 0. The fourth-order valence-electron chi connectivity index (χ4n) is 3.19. The number of rotatable bonds is 6. The van der Waals surface area contributed by atoms with Crippen molar-refractivity contribution >= 4 is 11.9 Å². The van der Waals surface area contributed by atoms with Crippen LogP contribution >= 0.6 is 0 Å². The third-order valence-electron chi connectivity index (χ3n) is 4.43. The molecule has 0 saturated heterocycles. The van der Waals surface area contributed by atoms with Crippen LogP contribution in [0.5, 0.6) is 0 Å². The molecular formula is C16H28N6O. The third kappa shape index (κ3) is 4.46. The van der Waals surface area contributed by atoms with Gasteiger partial charge in [-0.25, -0.2) is 0 Å². The largest absolute Gasteiger partial charge is 0.355 e. The zero-order chi connectivity index (χ0) is 16.7. The SMILES string of the molecule is CN=C(NCCn1cccn1)NCC1(C(=O)N(C)C)CCCC1. The van der Waals surface area contributed by atoms with Gasteiger partial charge >= 0.3 is 0 Å². The number of amides is 1. The lowest BCUT2D eigenvalue weighted by Crippen LogP contribution is -2.49. The van der Waals surface area contributed by atoms with Gasteiger partial charge in [0.25, 0.3) is 0 Å². The van der Waals surface area contributed by atoms with Crippen molar-refractivity contribution in [3.05, 3.63) is 18.5 Å². The second-order valence-corrected chi connectivity index (χ2v) is 6.31. The molecule has 1 aliphatic carbocycles. The average molecular weight is 320 g/mol. The van der Waals surface area contributed by atoms with Crippen LogP contribution < -0.4 is 10.6 Å². The first-order valence-corrected chi connectivity index (χ1v) is 8.21. The number of guanidine groups is 1. The summed E-state index contributed by atoms with van der Waals surface area (Å²) in [5.41, 5.74) is -0.289. The van der Waals surface area contributed by atoms with E-state index in [2.05, 4.69) is 20.7 Å². The maximum Gasteiger partial charge on any atom is 0.230 e. The fourth-order valence-corrected chi connectivity index (χ4v) is 3.19. The highest BCUT2D eigenvalue weighted by atomic mass is 16.2. The first kappa shape index (κ1) is 17.3. The van der Waals surface area contributed by atoms with Crippen molar-refractivity contribution < 1.29 is 4.79 Å². The van der Waals surface area contributed by atoms with Gasteiger partial charge in [0.1, 0.15) is 0 Å². The fraction of sp³-hybridized carbons (Fsp3) is 0.688. The van der Waals surface area contributed by atoms with Crippen molar-refractivity contribution in [1.29, 1.82) is 0 Å². The summed E-state index contributed by atoms with van der Waals surface area (Å²) in [6.07, 6.45) is 7.83. The van der Waals surface area contributed by atoms with Gasteiger partial charge in [-0.2, -0.15) is 5.10 Å². The van der Waals surface area contributed by atoms with Crippen LogP contribution in [0.2, 0.25) is 0 Å². The average Bonchev–Trinajstić information content (AvgIpc) is 3.22. The van der Waals surface area contributed by atoms with E-state index in [1.54, 1.807) is 18.1 Å². The van der Waals surface area contributed by atoms with E-state index in [-0.39, 0.29) is 11.3 Å². The molecule has 1 aromatic heterocycles. The summed E-state index contributed by atoms with van der Waals surface area (Å²) in [5.74, 6) is 0.949. The van der Waals surface area contributed by atoms with Crippen LogP contribution in [-0.4, -0.2) is 60.8 Å². The molecule has 7 nitrogen and oxygen atoms in total. The number of aliphatic imine (C=N–C) groups is 1. The zero-order valence-electron chi connectivity index (χ0n) is 14.4. The van der Waals surface area contributed by atoms with Crippen molar-refractivity contribution in [1.82, 2.24) is 25.3 Å². The van der Waals surface area contributed by atoms with Crippen molar-refractivity contribution in [3.63, 3.8) is 0 Å². The Hall–Kier alpha value is -2.05. The van der Waals surface area contributed by atoms with Gasteiger partial charge < -0.3 is 15.5 Å². The highest BCUT2D eigenvalue weighted by Gasteiger charge is 2.42. The van der Waals surface area contributed by atoms with Gasteiger partial charge in [0.15, 0.2) is 5.96 Å². The van der Waals surface area contributed by atoms with Crippen molar-refractivity contribution in [2.24, 2.45) is 10.4 Å². The summed E-state index contributed by atoms with van der Waals surface area (Å²) < 4.78 is 1.87. The third-order valence-corrected chi connectivity index (χ3v) is 4.43. The maximum atomic E-state index is 12.6. The summed E-state index contributed by atoms with van der Waals surface area (Å²) in [7, 11) is 5.41. The lowest BCUT2D eigenvalue weighted by Gasteiger charge is -2.31. The Morgan fingerprint density at radius 2 is 2.09 bits per heavy atom. The smallest absolute Gasteiger partial charge is 0.230 e. The van der Waals surface area contributed by atoms with Crippen LogP contribution in [-0.2, 0) is 11.3 Å². The normalized spacial score (nSPS) is 17.1. The van der Waals surface area contributed by atoms with E-state index < -0.39 is 0 Å². The molecule has 0 aromatic carbocycles. The predicted octanol–water partition coefficient (Wildman–Crippen LogP) is 0.697. The van der Waals surface area contributed by atoms with E-state index in [4.69, 9.17) is 0 Å². The molecule has 0 radical (unpaired) electrons. The molecule has 2 rings (SSSR count). The molecular weight excluding hydrogens is 292 g/mol. The molecule has 1 aliphatic rings. The van der Waals surface area contributed by atoms with Gasteiger partial charge in [-0.3, -0.25) is 14.5 Å². The van der Waals surface area contributed by atoms with E-state index in [0.717, 1.165) is 44.7 Å². The van der Waals surface area contributed by atoms with Gasteiger partial charge in [0.05, 0.1) is 12.0 Å². The maximum absolute atomic E-state index is 12.6. The Morgan fingerprint density at radius 3 is 2.65 bits per heavy atom. The first-order valence-electron chi connectivity index (χ1n) is 8.21. The molecule has 0 spiro atoms. The van der Waals surface area contributed by atoms with Crippen LogP contribution in [0.25, 0.3) is 0 Å². The Bertz CT molecular complexity index is 517. The Kier molecular flexibility index (Phi) is 6.01. The summed E-state index contributed by atoms with van der Waals surface area (Å²) in [6.45, 7) is 2.14. The Morgan fingerprint density at radius 1 is 1.35 bits per heavy atom. The molecule has 0 unspecified atom stereocenters. The number of carbonyl (C=O) groups is 1. The van der Waals surface area contributed by atoms with Crippen molar-refractivity contribution in [2.75, 3.05) is 34.2 Å². The molecule has 1 aromatic rings. The lowest BCUT2D eigenvalue weighted by atomic mass is 9.84. The van der Waals surface area contributed by atoms with E-state index in [0.29, 0.717) is 6.54 Å². The molecule has 1 saturated carbocycles. The zero-order valence-corrected chi connectivity index (χ0v) is 14.4. The van der Waals surface area contributed by atoms with Crippen LogP contribution in [0.4, 0.5) is 0 Å². The van der Waals surface area contributed by atoms with Gasteiger partial charge in [-0.05, 0) is 18.9 Å². The number of nitrogens with zero attached hydrogens (tertiary/aromatic N) is 4. The quantitative estimate of drug-likeness (QED) is 0.598. The molecule has 1 heterocycles. The molecule has 1 amide bonds. The van der Waals surface area contributed by atoms with E-state index in [9.17, 15) is 4.79 Å². The van der Waals surface area contributed by atoms with Gasteiger partial charge in [0.2, 0.25) is 5.91 Å². The monoisotopic (exact) mass is 320 g/mol. The van der Waals surface area contributed by atoms with Crippen LogP contribution in [0.1, 0.15) is 25.7 Å². The first-order chi connectivity index (χ1) is 11.1. The molecule has 0 aliphatic heterocycles. The molecule has 128 valence electrons. The van der Waals surface area contributed by atoms with Crippen molar-refractivity contribution in [2.45, 2.75) is 32.2 Å². The Balaban J connectivity index is 1.84. The number of hydrogen-bond acceptors (Lipinski definition) is 3. The molecule has 0 atom stereocenters. The van der Waals surface area contributed by atoms with E-state index >= 15 is 0 Å². The molecule has 7 heteroatoms. The number of hydrogen-bond donors (Lipinski definition) is 2. The molecule has 2 N–H and O–H groups in total. The molecule has 23 heavy (non-hydrogen) atoms. The van der Waals surface area contributed by atoms with Crippen LogP contribution in [0.3, 0.4) is 0 Å². The highest BCUT2D eigenvalue weighted by molar-refractivity contribution is 5.85. The van der Waals surface area contributed by atoms with Gasteiger partial charge in [-0.15, -0.1) is 0 Å². The number of carbonyl (C=O) groups excluding carboxylic acids is 1. The predicted molar refractivity (Wildman–Crippen MR) is 91.2 cm³/mol. The topological polar surface area (TPSA) is 74.5 Å².